The van der Waals surface area contributed by atoms with E-state index in [1.165, 1.54) is 0 Å². The fourth-order valence-corrected chi connectivity index (χ4v) is 2.43. The Kier molecular flexibility index (Phi) is 5.65. The van der Waals surface area contributed by atoms with Gasteiger partial charge in [-0.25, -0.2) is 8.42 Å². The van der Waals surface area contributed by atoms with Crippen molar-refractivity contribution in [3.8, 4) is 0 Å². The Hall–Kier alpha value is -2.47. The van der Waals surface area contributed by atoms with E-state index in [0.717, 1.165) is 11.8 Å². The van der Waals surface area contributed by atoms with Crippen LogP contribution in [-0.4, -0.2) is 25.5 Å². The number of nitrogens with zero attached hydrogens (tertiary/aromatic N) is 1. The highest BCUT2D eigenvalue weighted by molar-refractivity contribution is 8.05. The molecule has 0 amide bonds. The Balaban J connectivity index is 2.08. The molecule has 0 aromatic heterocycles. The molecule has 0 aliphatic rings. The highest BCUT2D eigenvalue weighted by Gasteiger charge is 2.19. The molecule has 2 aromatic rings. The average molecular weight is 331 g/mol. The van der Waals surface area contributed by atoms with Crippen molar-refractivity contribution in [2.75, 3.05) is 6.26 Å². The van der Waals surface area contributed by atoms with Crippen LogP contribution in [0.3, 0.4) is 0 Å². The van der Waals surface area contributed by atoms with E-state index in [4.69, 9.17) is 4.84 Å². The quantitative estimate of drug-likeness (QED) is 0.353. The molecule has 0 bridgehead atoms. The van der Waals surface area contributed by atoms with Gasteiger partial charge in [0, 0.05) is 11.8 Å². The van der Waals surface area contributed by atoms with Gasteiger partial charge in [-0.05, 0) is 5.56 Å². The molecule has 0 saturated heterocycles. The van der Waals surface area contributed by atoms with E-state index in [-0.39, 0.29) is 23.9 Å². The second-order valence-electron chi connectivity index (χ2n) is 4.98. The topological polar surface area (TPSA) is 72.8 Å². The maximum absolute atomic E-state index is 12.1. The predicted molar refractivity (Wildman–Crippen MR) is 88.9 cm³/mol. The summed E-state index contributed by atoms with van der Waals surface area (Å²) in [6.45, 7) is 0.138. The van der Waals surface area contributed by atoms with Crippen LogP contribution in [0.2, 0.25) is 0 Å². The van der Waals surface area contributed by atoms with Crippen LogP contribution in [0, 0.1) is 0 Å². The maximum atomic E-state index is 12.1. The number of carbonyl (C=O) groups excluding carboxylic acids is 1. The molecule has 2 rings (SSSR count). The highest BCUT2D eigenvalue weighted by atomic mass is 32.2. The first kappa shape index (κ1) is 16.9. The molecule has 0 unspecified atom stereocenters. The third-order valence-electron chi connectivity index (χ3n) is 3.08. The first-order valence-electron chi connectivity index (χ1n) is 6.98. The van der Waals surface area contributed by atoms with E-state index in [2.05, 4.69) is 5.16 Å². The summed E-state index contributed by atoms with van der Waals surface area (Å²) in [7, 11) is -3.62. The number of oxime groups is 1. The van der Waals surface area contributed by atoms with Crippen molar-refractivity contribution in [1.82, 2.24) is 0 Å². The standard InChI is InChI=1S/C17H17NO4S/c1-23(20,21)17(12-16(19)15-10-6-3-7-11-15)18-22-13-14-8-4-2-5-9-14/h2-11H,12-13H2,1H3/b18-17-. The molecule has 0 aliphatic heterocycles. The Bertz CT molecular complexity index is 784. The normalized spacial score (nSPS) is 12.0. The van der Waals surface area contributed by atoms with Crippen LogP contribution in [0.1, 0.15) is 22.3 Å². The number of sulfone groups is 1. The smallest absolute Gasteiger partial charge is 0.192 e. The predicted octanol–water partition coefficient (Wildman–Crippen LogP) is 2.83. The first-order chi connectivity index (χ1) is 11.0. The molecule has 5 nitrogen and oxygen atoms in total. The molecule has 6 heteroatoms. The molecule has 120 valence electrons. The minimum Gasteiger partial charge on any atom is -0.390 e. The van der Waals surface area contributed by atoms with Gasteiger partial charge >= 0.3 is 0 Å². The Morgan fingerprint density at radius 1 is 1.00 bits per heavy atom. The van der Waals surface area contributed by atoms with Gasteiger partial charge in [-0.1, -0.05) is 65.8 Å². The molecule has 0 radical (unpaired) electrons. The van der Waals surface area contributed by atoms with Gasteiger partial charge in [0.05, 0.1) is 6.42 Å². The van der Waals surface area contributed by atoms with Gasteiger partial charge in [-0.15, -0.1) is 0 Å². The molecule has 0 fully saturated rings. The largest absolute Gasteiger partial charge is 0.390 e. The van der Waals surface area contributed by atoms with Crippen molar-refractivity contribution in [2.45, 2.75) is 13.0 Å². The van der Waals surface area contributed by atoms with Crippen molar-refractivity contribution >= 4 is 20.7 Å². The van der Waals surface area contributed by atoms with E-state index >= 15 is 0 Å². The number of Topliss-reactive ketones (excluding diaryl/α,β-unsaturated/α-hetero) is 1. The van der Waals surface area contributed by atoms with E-state index in [0.29, 0.717) is 5.56 Å². The Morgan fingerprint density at radius 3 is 2.13 bits per heavy atom. The molecule has 23 heavy (non-hydrogen) atoms. The molecule has 0 heterocycles. The van der Waals surface area contributed by atoms with Crippen LogP contribution in [0.5, 0.6) is 0 Å². The SMILES string of the molecule is CS(=O)(=O)/C(CC(=O)c1ccccc1)=N\OCc1ccccc1. The molecular weight excluding hydrogens is 314 g/mol. The van der Waals surface area contributed by atoms with Gasteiger partial charge in [0.15, 0.2) is 20.7 Å². The summed E-state index contributed by atoms with van der Waals surface area (Å²) < 4.78 is 23.6. The van der Waals surface area contributed by atoms with Gasteiger partial charge < -0.3 is 4.84 Å². The monoisotopic (exact) mass is 331 g/mol. The van der Waals surface area contributed by atoms with Gasteiger partial charge in [-0.3, -0.25) is 4.79 Å². The molecule has 2 aromatic carbocycles. The van der Waals surface area contributed by atoms with Gasteiger partial charge in [-0.2, -0.15) is 0 Å². The minimum atomic E-state index is -3.62. The van der Waals surface area contributed by atoms with Crippen molar-refractivity contribution in [2.24, 2.45) is 5.16 Å². The third kappa shape index (κ3) is 5.34. The van der Waals surface area contributed by atoms with E-state index in [9.17, 15) is 13.2 Å². The number of rotatable bonds is 6. The van der Waals surface area contributed by atoms with Gasteiger partial charge in [0.2, 0.25) is 0 Å². The van der Waals surface area contributed by atoms with Crippen LogP contribution in [0.4, 0.5) is 0 Å². The summed E-state index contributed by atoms with van der Waals surface area (Å²) in [5.74, 6) is -0.321. The minimum absolute atomic E-state index is 0.138. The van der Waals surface area contributed by atoms with E-state index in [1.54, 1.807) is 30.3 Å². The lowest BCUT2D eigenvalue weighted by molar-refractivity contribution is 0.0995. The number of ketones is 1. The molecule has 0 saturated carbocycles. The number of benzene rings is 2. The zero-order valence-corrected chi connectivity index (χ0v) is 13.5. The number of hydrogen-bond donors (Lipinski definition) is 0. The van der Waals surface area contributed by atoms with Crippen molar-refractivity contribution in [3.63, 3.8) is 0 Å². The molecular formula is C17H17NO4S. The summed E-state index contributed by atoms with van der Waals surface area (Å²) in [6.07, 6.45) is 0.688. The second-order valence-corrected chi connectivity index (χ2v) is 7.00. The zero-order chi connectivity index (χ0) is 16.7. The Morgan fingerprint density at radius 2 is 1.57 bits per heavy atom. The van der Waals surface area contributed by atoms with Crippen LogP contribution in [0.15, 0.2) is 65.8 Å². The lowest BCUT2D eigenvalue weighted by atomic mass is 10.1. The van der Waals surface area contributed by atoms with Crippen molar-refractivity contribution in [3.05, 3.63) is 71.8 Å². The summed E-state index contributed by atoms with van der Waals surface area (Å²) >= 11 is 0. The lowest BCUT2D eigenvalue weighted by Gasteiger charge is -2.05. The summed E-state index contributed by atoms with van der Waals surface area (Å²) in [4.78, 5) is 17.2. The highest BCUT2D eigenvalue weighted by Crippen LogP contribution is 2.08. The fraction of sp³-hybridized carbons (Fsp3) is 0.176. The lowest BCUT2D eigenvalue weighted by Crippen LogP contribution is -2.18. The number of hydrogen-bond acceptors (Lipinski definition) is 5. The molecule has 0 atom stereocenters. The van der Waals surface area contributed by atoms with E-state index < -0.39 is 9.84 Å². The first-order valence-corrected chi connectivity index (χ1v) is 8.87. The zero-order valence-electron chi connectivity index (χ0n) is 12.7. The molecule has 0 aliphatic carbocycles. The third-order valence-corrected chi connectivity index (χ3v) is 4.15. The summed E-state index contributed by atoms with van der Waals surface area (Å²) in [6, 6.07) is 17.7. The maximum Gasteiger partial charge on any atom is 0.192 e. The Labute approximate surface area is 135 Å². The van der Waals surface area contributed by atoms with Gasteiger partial charge in [0.1, 0.15) is 6.61 Å². The van der Waals surface area contributed by atoms with Gasteiger partial charge in [0.25, 0.3) is 0 Å². The summed E-state index contributed by atoms with van der Waals surface area (Å²) in [5.41, 5.74) is 1.30. The van der Waals surface area contributed by atoms with Crippen LogP contribution in [0.25, 0.3) is 0 Å². The molecule has 0 spiro atoms. The molecule has 0 N–H and O–H groups in total. The van der Waals surface area contributed by atoms with Crippen molar-refractivity contribution in [1.29, 1.82) is 0 Å². The van der Waals surface area contributed by atoms with Crippen LogP contribution in [-0.2, 0) is 21.3 Å². The second kappa shape index (κ2) is 7.69. The van der Waals surface area contributed by atoms with Crippen LogP contribution >= 0.6 is 0 Å². The van der Waals surface area contributed by atoms with Crippen molar-refractivity contribution < 1.29 is 18.0 Å². The van der Waals surface area contributed by atoms with Crippen LogP contribution < -0.4 is 0 Å². The fourth-order valence-electron chi connectivity index (χ4n) is 1.85. The average Bonchev–Trinajstić information content (AvgIpc) is 2.54. The van der Waals surface area contributed by atoms with E-state index in [1.807, 2.05) is 30.3 Å². The number of carbonyl (C=O) groups is 1. The summed E-state index contributed by atoms with van der Waals surface area (Å²) in [5, 5.41) is 3.39.